The summed E-state index contributed by atoms with van der Waals surface area (Å²) in [6.45, 7) is 2.62. The molecule has 2 rings (SSSR count). The van der Waals surface area contributed by atoms with Crippen LogP contribution in [0.15, 0.2) is 33.7 Å². The van der Waals surface area contributed by atoms with Gasteiger partial charge in [-0.05, 0) is 18.6 Å². The molecule has 0 unspecified atom stereocenters. The van der Waals surface area contributed by atoms with E-state index in [-0.39, 0.29) is 11.0 Å². The molecule has 4 nitrogen and oxygen atoms in total. The molecule has 0 aliphatic rings. The molecule has 0 aliphatic carbocycles. The molecule has 0 saturated heterocycles. The van der Waals surface area contributed by atoms with Crippen LogP contribution < -0.4 is 10.2 Å². The van der Waals surface area contributed by atoms with E-state index in [2.05, 4.69) is 0 Å². The van der Waals surface area contributed by atoms with Crippen molar-refractivity contribution in [2.45, 2.75) is 13.3 Å². The molecule has 4 heteroatoms. The molecule has 0 spiro atoms. The second-order valence-corrected chi connectivity index (χ2v) is 3.64. The predicted molar refractivity (Wildman–Crippen MR) is 63.7 cm³/mol. The van der Waals surface area contributed by atoms with Gasteiger partial charge in [0.25, 0.3) is 0 Å². The minimum Gasteiger partial charge on any atom is -0.493 e. The molecule has 0 radical (unpaired) electrons. The number of fused-ring (bicyclic) bond motifs is 1. The van der Waals surface area contributed by atoms with E-state index in [9.17, 15) is 9.59 Å². The van der Waals surface area contributed by atoms with Gasteiger partial charge < -0.3 is 9.15 Å². The Morgan fingerprint density at radius 1 is 1.41 bits per heavy atom. The Morgan fingerprint density at radius 3 is 2.94 bits per heavy atom. The highest BCUT2D eigenvalue weighted by atomic mass is 16.5. The Labute approximate surface area is 97.8 Å². The van der Waals surface area contributed by atoms with Gasteiger partial charge in [0.2, 0.25) is 5.43 Å². The maximum Gasteiger partial charge on any atom is 0.203 e. The third-order valence-corrected chi connectivity index (χ3v) is 2.37. The van der Waals surface area contributed by atoms with Crippen LogP contribution in [0.4, 0.5) is 0 Å². The lowest BCUT2D eigenvalue weighted by atomic mass is 10.2. The molecule has 0 bridgehead atoms. The van der Waals surface area contributed by atoms with Crippen LogP contribution in [0, 0.1) is 0 Å². The van der Waals surface area contributed by atoms with Crippen molar-refractivity contribution < 1.29 is 13.9 Å². The molecular weight excluding hydrogens is 220 g/mol. The van der Waals surface area contributed by atoms with Crippen LogP contribution in [-0.4, -0.2) is 12.9 Å². The number of rotatable bonds is 4. The van der Waals surface area contributed by atoms with E-state index < -0.39 is 0 Å². The van der Waals surface area contributed by atoms with Gasteiger partial charge in [-0.2, -0.15) is 0 Å². The monoisotopic (exact) mass is 232 g/mol. The Hall–Kier alpha value is -2.10. The summed E-state index contributed by atoms with van der Waals surface area (Å²) < 4.78 is 10.7. The molecule has 1 aromatic carbocycles. The average Bonchev–Trinajstić information content (AvgIpc) is 2.37. The topological polar surface area (TPSA) is 56.5 Å². The molecule has 0 N–H and O–H groups in total. The van der Waals surface area contributed by atoms with E-state index in [4.69, 9.17) is 9.15 Å². The number of benzene rings is 1. The van der Waals surface area contributed by atoms with Crippen molar-refractivity contribution in [3.05, 3.63) is 40.2 Å². The molecule has 17 heavy (non-hydrogen) atoms. The highest BCUT2D eigenvalue weighted by molar-refractivity contribution is 5.84. The number of aldehydes is 1. The number of carbonyl (C=O) groups excluding carboxylic acids is 1. The van der Waals surface area contributed by atoms with Gasteiger partial charge in [-0.15, -0.1) is 0 Å². The summed E-state index contributed by atoms with van der Waals surface area (Å²) in [7, 11) is 0. The molecule has 88 valence electrons. The van der Waals surface area contributed by atoms with Crippen molar-refractivity contribution in [2.75, 3.05) is 6.61 Å². The first-order valence-electron chi connectivity index (χ1n) is 5.39. The Kier molecular flexibility index (Phi) is 3.23. The number of hydrogen-bond acceptors (Lipinski definition) is 4. The lowest BCUT2D eigenvalue weighted by Gasteiger charge is -2.04. The Morgan fingerprint density at radius 2 is 2.24 bits per heavy atom. The number of ether oxygens (including phenoxy) is 1. The number of carbonyl (C=O) groups is 1. The summed E-state index contributed by atoms with van der Waals surface area (Å²) in [4.78, 5) is 22.3. The van der Waals surface area contributed by atoms with Gasteiger partial charge in [-0.3, -0.25) is 9.59 Å². The summed E-state index contributed by atoms with van der Waals surface area (Å²) in [6, 6.07) is 4.96. The van der Waals surface area contributed by atoms with Crippen LogP contribution >= 0.6 is 0 Å². The van der Waals surface area contributed by atoms with E-state index in [1.54, 1.807) is 18.2 Å². The van der Waals surface area contributed by atoms with Crippen molar-refractivity contribution in [3.8, 4) is 5.75 Å². The first-order chi connectivity index (χ1) is 8.26. The minimum absolute atomic E-state index is 0.0275. The fourth-order valence-electron chi connectivity index (χ4n) is 1.51. The van der Waals surface area contributed by atoms with Crippen LogP contribution in [-0.2, 0) is 0 Å². The highest BCUT2D eigenvalue weighted by Crippen LogP contribution is 2.19. The summed E-state index contributed by atoms with van der Waals surface area (Å²) >= 11 is 0. The molecule has 0 saturated carbocycles. The quantitative estimate of drug-likeness (QED) is 0.759. The molecule has 1 heterocycles. The second-order valence-electron chi connectivity index (χ2n) is 3.64. The average molecular weight is 232 g/mol. The van der Waals surface area contributed by atoms with Crippen LogP contribution in [0.3, 0.4) is 0 Å². The fourth-order valence-corrected chi connectivity index (χ4v) is 1.51. The molecule has 0 fully saturated rings. The highest BCUT2D eigenvalue weighted by Gasteiger charge is 2.07. The smallest absolute Gasteiger partial charge is 0.203 e. The predicted octanol–water partition coefficient (Wildman–Crippen LogP) is 2.39. The first-order valence-corrected chi connectivity index (χ1v) is 5.39. The lowest BCUT2D eigenvalue weighted by molar-refractivity contribution is 0.112. The van der Waals surface area contributed by atoms with Gasteiger partial charge in [0.1, 0.15) is 17.6 Å². The van der Waals surface area contributed by atoms with Gasteiger partial charge in [-0.1, -0.05) is 6.92 Å². The van der Waals surface area contributed by atoms with E-state index in [0.717, 1.165) is 6.42 Å². The summed E-state index contributed by atoms with van der Waals surface area (Å²) in [6.07, 6.45) is 2.57. The van der Waals surface area contributed by atoms with Gasteiger partial charge in [-0.25, -0.2) is 0 Å². The maximum atomic E-state index is 11.8. The third kappa shape index (κ3) is 2.20. The van der Waals surface area contributed by atoms with Crippen LogP contribution in [0.1, 0.15) is 23.7 Å². The van der Waals surface area contributed by atoms with Crippen molar-refractivity contribution in [2.24, 2.45) is 0 Å². The van der Waals surface area contributed by atoms with Crippen molar-refractivity contribution in [1.29, 1.82) is 0 Å². The minimum atomic E-state index is -0.316. The van der Waals surface area contributed by atoms with Crippen LogP contribution in [0.2, 0.25) is 0 Å². The van der Waals surface area contributed by atoms with Gasteiger partial charge >= 0.3 is 0 Å². The SMILES string of the molecule is CCCOc1ccc2c(=O)c(C=O)coc2c1. The molecular formula is C13H12O4. The molecule has 0 aliphatic heterocycles. The van der Waals surface area contributed by atoms with E-state index in [1.165, 1.54) is 6.26 Å². The summed E-state index contributed by atoms with van der Waals surface area (Å²) in [5, 5.41) is 0.387. The Bertz CT molecular complexity index is 598. The van der Waals surface area contributed by atoms with Gasteiger partial charge in [0.05, 0.1) is 17.6 Å². The zero-order chi connectivity index (χ0) is 12.3. The zero-order valence-corrected chi connectivity index (χ0v) is 9.43. The standard InChI is InChI=1S/C13H12O4/c1-2-5-16-10-3-4-11-12(6-10)17-8-9(7-14)13(11)15/h3-4,6-8H,2,5H2,1H3. The van der Waals surface area contributed by atoms with Crippen molar-refractivity contribution >= 4 is 17.3 Å². The largest absolute Gasteiger partial charge is 0.493 e. The normalized spacial score (nSPS) is 10.4. The van der Waals surface area contributed by atoms with Crippen LogP contribution in [0.25, 0.3) is 11.0 Å². The third-order valence-electron chi connectivity index (χ3n) is 2.37. The van der Waals surface area contributed by atoms with Crippen molar-refractivity contribution in [1.82, 2.24) is 0 Å². The van der Waals surface area contributed by atoms with Crippen molar-refractivity contribution in [3.63, 3.8) is 0 Å². The van der Waals surface area contributed by atoms with Crippen LogP contribution in [0.5, 0.6) is 5.75 Å². The van der Waals surface area contributed by atoms with E-state index >= 15 is 0 Å². The molecule has 1 aromatic heterocycles. The molecule has 2 aromatic rings. The van der Waals surface area contributed by atoms with E-state index in [0.29, 0.717) is 29.6 Å². The summed E-state index contributed by atoms with van der Waals surface area (Å²) in [5.41, 5.74) is 0.136. The summed E-state index contributed by atoms with van der Waals surface area (Å²) in [5.74, 6) is 0.654. The van der Waals surface area contributed by atoms with E-state index in [1.807, 2.05) is 6.92 Å². The van der Waals surface area contributed by atoms with Gasteiger partial charge in [0, 0.05) is 6.07 Å². The van der Waals surface area contributed by atoms with Gasteiger partial charge in [0.15, 0.2) is 6.29 Å². The fraction of sp³-hybridized carbons (Fsp3) is 0.231. The lowest BCUT2D eigenvalue weighted by Crippen LogP contribution is -2.07. The first kappa shape index (κ1) is 11.4. The molecule has 0 atom stereocenters. The zero-order valence-electron chi connectivity index (χ0n) is 9.43. The maximum absolute atomic E-state index is 11.8. The second kappa shape index (κ2) is 4.82. The number of hydrogen-bond donors (Lipinski definition) is 0. The Balaban J connectivity index is 2.50. The molecule has 0 amide bonds.